The van der Waals surface area contributed by atoms with Crippen LogP contribution in [-0.4, -0.2) is 16.1 Å². The molecule has 110 valence electrons. The number of anilines is 1. The minimum absolute atomic E-state index is 0.0140. The van der Waals surface area contributed by atoms with Gasteiger partial charge in [0.1, 0.15) is 0 Å². The van der Waals surface area contributed by atoms with Crippen molar-refractivity contribution in [2.24, 2.45) is 0 Å². The summed E-state index contributed by atoms with van der Waals surface area (Å²) < 4.78 is 0. The number of fused-ring (bicyclic) bond motifs is 1. The van der Waals surface area contributed by atoms with Crippen molar-refractivity contribution in [1.29, 1.82) is 0 Å². The topological polar surface area (TPSA) is 57.8 Å². The number of aromatic nitrogens is 2. The van der Waals surface area contributed by atoms with Gasteiger partial charge < -0.3 is 5.32 Å². The van der Waals surface area contributed by atoms with Crippen molar-refractivity contribution in [2.75, 3.05) is 5.32 Å². The third-order valence-corrected chi connectivity index (χ3v) is 4.06. The van der Waals surface area contributed by atoms with Crippen molar-refractivity contribution in [1.82, 2.24) is 10.2 Å². The van der Waals surface area contributed by atoms with Gasteiger partial charge in [0.25, 0.3) is 0 Å². The molecule has 4 nitrogen and oxygen atoms in total. The Bertz CT molecular complexity index is 645. The van der Waals surface area contributed by atoms with Crippen LogP contribution >= 0.6 is 0 Å². The van der Waals surface area contributed by atoms with E-state index in [1.165, 1.54) is 30.4 Å². The monoisotopic (exact) mass is 283 g/mol. The zero-order chi connectivity index (χ0) is 14.7. The lowest BCUT2D eigenvalue weighted by Crippen LogP contribution is -2.15. The average molecular weight is 283 g/mol. The van der Waals surface area contributed by atoms with Gasteiger partial charge in [-0.25, -0.2) is 0 Å². The number of carbonyl (C=O) groups is 1. The second kappa shape index (κ2) is 6.12. The summed E-state index contributed by atoms with van der Waals surface area (Å²) >= 11 is 0. The van der Waals surface area contributed by atoms with Gasteiger partial charge in [0, 0.05) is 11.8 Å². The molecule has 1 amide bonds. The van der Waals surface area contributed by atoms with Crippen molar-refractivity contribution < 1.29 is 4.79 Å². The van der Waals surface area contributed by atoms with E-state index in [-0.39, 0.29) is 5.91 Å². The molecule has 0 saturated heterocycles. The number of hydrogen-bond donors (Lipinski definition) is 2. The fraction of sp³-hybridized carbons (Fsp3) is 0.412. The minimum Gasteiger partial charge on any atom is -0.309 e. The maximum absolute atomic E-state index is 12.1. The highest BCUT2D eigenvalue weighted by molar-refractivity contribution is 5.91. The van der Waals surface area contributed by atoms with Crippen molar-refractivity contribution in [3.63, 3.8) is 0 Å². The molecule has 2 N–H and O–H groups in total. The van der Waals surface area contributed by atoms with Crippen LogP contribution in [0.3, 0.4) is 0 Å². The predicted octanol–water partition coefficient (Wildman–Crippen LogP) is 3.03. The highest BCUT2D eigenvalue weighted by atomic mass is 16.1. The fourth-order valence-corrected chi connectivity index (χ4v) is 2.88. The van der Waals surface area contributed by atoms with Crippen LogP contribution in [0.2, 0.25) is 0 Å². The Labute approximate surface area is 125 Å². The Morgan fingerprint density at radius 2 is 2.05 bits per heavy atom. The number of carbonyl (C=O) groups excluding carboxylic acids is 1. The molecular weight excluding hydrogens is 262 g/mol. The van der Waals surface area contributed by atoms with E-state index >= 15 is 0 Å². The van der Waals surface area contributed by atoms with Gasteiger partial charge in [0.2, 0.25) is 5.91 Å². The summed E-state index contributed by atoms with van der Waals surface area (Å²) in [5.74, 6) is 0.592. The zero-order valence-corrected chi connectivity index (χ0v) is 12.4. The number of amides is 1. The SMILES string of the molecule is CCc1cc(NC(=O)Cc2ccc3c(c2)CCCC3)n[nH]1. The normalized spacial score (nSPS) is 13.8. The highest BCUT2D eigenvalue weighted by Gasteiger charge is 2.12. The molecule has 0 unspecified atom stereocenters. The number of rotatable bonds is 4. The first-order valence-electron chi connectivity index (χ1n) is 7.69. The molecule has 0 atom stereocenters. The first-order valence-corrected chi connectivity index (χ1v) is 7.69. The molecule has 0 aliphatic heterocycles. The van der Waals surface area contributed by atoms with Crippen molar-refractivity contribution >= 4 is 11.7 Å². The fourth-order valence-electron chi connectivity index (χ4n) is 2.88. The van der Waals surface area contributed by atoms with Crippen molar-refractivity contribution in [3.05, 3.63) is 46.6 Å². The molecule has 21 heavy (non-hydrogen) atoms. The van der Waals surface area contributed by atoms with E-state index in [2.05, 4.69) is 33.7 Å². The predicted molar refractivity (Wildman–Crippen MR) is 83.4 cm³/mol. The summed E-state index contributed by atoms with van der Waals surface area (Å²) in [4.78, 5) is 12.1. The molecule has 1 aliphatic rings. The van der Waals surface area contributed by atoms with Gasteiger partial charge >= 0.3 is 0 Å². The molecule has 1 aliphatic carbocycles. The Balaban J connectivity index is 1.64. The van der Waals surface area contributed by atoms with E-state index in [9.17, 15) is 4.79 Å². The number of benzene rings is 1. The Kier molecular flexibility index (Phi) is 4.04. The number of hydrogen-bond acceptors (Lipinski definition) is 2. The summed E-state index contributed by atoms with van der Waals surface area (Å²) in [6.45, 7) is 2.05. The van der Waals surface area contributed by atoms with Gasteiger partial charge in [-0.05, 0) is 48.8 Å². The van der Waals surface area contributed by atoms with Gasteiger partial charge in [-0.1, -0.05) is 25.1 Å². The van der Waals surface area contributed by atoms with Crippen LogP contribution in [0.25, 0.3) is 0 Å². The summed E-state index contributed by atoms with van der Waals surface area (Å²) in [7, 11) is 0. The van der Waals surface area contributed by atoms with E-state index in [0.29, 0.717) is 12.2 Å². The Hall–Kier alpha value is -2.10. The average Bonchev–Trinajstić information content (AvgIpc) is 2.94. The lowest BCUT2D eigenvalue weighted by Gasteiger charge is -2.16. The number of nitrogens with one attached hydrogen (secondary N) is 2. The first kappa shape index (κ1) is 13.9. The van der Waals surface area contributed by atoms with E-state index in [1.807, 2.05) is 13.0 Å². The first-order chi connectivity index (χ1) is 10.2. The van der Waals surface area contributed by atoms with Crippen LogP contribution in [0.4, 0.5) is 5.82 Å². The van der Waals surface area contributed by atoms with Crippen LogP contribution in [0.5, 0.6) is 0 Å². The van der Waals surface area contributed by atoms with Gasteiger partial charge in [0.15, 0.2) is 5.82 Å². The largest absolute Gasteiger partial charge is 0.309 e. The maximum atomic E-state index is 12.1. The van der Waals surface area contributed by atoms with Crippen LogP contribution in [0.15, 0.2) is 24.3 Å². The van der Waals surface area contributed by atoms with Gasteiger partial charge in [0.05, 0.1) is 6.42 Å². The van der Waals surface area contributed by atoms with E-state index in [0.717, 1.165) is 24.1 Å². The van der Waals surface area contributed by atoms with Crippen LogP contribution in [0, 0.1) is 0 Å². The molecule has 2 aromatic rings. The second-order valence-electron chi connectivity index (χ2n) is 5.67. The maximum Gasteiger partial charge on any atom is 0.229 e. The highest BCUT2D eigenvalue weighted by Crippen LogP contribution is 2.22. The third-order valence-electron chi connectivity index (χ3n) is 4.06. The van der Waals surface area contributed by atoms with E-state index in [4.69, 9.17) is 0 Å². The van der Waals surface area contributed by atoms with Crippen molar-refractivity contribution in [2.45, 2.75) is 45.4 Å². The molecule has 0 radical (unpaired) electrons. The summed E-state index contributed by atoms with van der Waals surface area (Å²) in [6.07, 6.45) is 6.15. The summed E-state index contributed by atoms with van der Waals surface area (Å²) in [5.41, 5.74) is 4.98. The van der Waals surface area contributed by atoms with Crippen LogP contribution in [-0.2, 0) is 30.5 Å². The number of aromatic amines is 1. The molecule has 0 spiro atoms. The van der Waals surface area contributed by atoms with Gasteiger partial charge in [-0.3, -0.25) is 9.89 Å². The molecule has 0 bridgehead atoms. The van der Waals surface area contributed by atoms with E-state index in [1.54, 1.807) is 0 Å². The lowest BCUT2D eigenvalue weighted by molar-refractivity contribution is -0.115. The number of nitrogens with zero attached hydrogens (tertiary/aromatic N) is 1. The van der Waals surface area contributed by atoms with Crippen LogP contribution in [0.1, 0.15) is 42.1 Å². The molecule has 0 fully saturated rings. The number of aryl methyl sites for hydroxylation is 3. The summed E-state index contributed by atoms with van der Waals surface area (Å²) in [6, 6.07) is 8.33. The molecule has 4 heteroatoms. The molecule has 1 aromatic heterocycles. The minimum atomic E-state index is -0.0140. The Morgan fingerprint density at radius 3 is 2.81 bits per heavy atom. The van der Waals surface area contributed by atoms with Gasteiger partial charge in [-0.15, -0.1) is 0 Å². The quantitative estimate of drug-likeness (QED) is 0.906. The zero-order valence-electron chi connectivity index (χ0n) is 12.4. The van der Waals surface area contributed by atoms with Gasteiger partial charge in [-0.2, -0.15) is 5.10 Å². The van der Waals surface area contributed by atoms with Crippen molar-refractivity contribution in [3.8, 4) is 0 Å². The molecule has 0 saturated carbocycles. The molecule has 1 aromatic carbocycles. The molecule has 1 heterocycles. The Morgan fingerprint density at radius 1 is 1.24 bits per heavy atom. The summed E-state index contributed by atoms with van der Waals surface area (Å²) in [5, 5.41) is 9.83. The molecule has 3 rings (SSSR count). The smallest absolute Gasteiger partial charge is 0.229 e. The lowest BCUT2D eigenvalue weighted by atomic mass is 9.90. The van der Waals surface area contributed by atoms with E-state index < -0.39 is 0 Å². The van der Waals surface area contributed by atoms with Crippen LogP contribution < -0.4 is 5.32 Å². The standard InChI is InChI=1S/C17H21N3O/c1-2-15-11-16(20-19-15)18-17(21)10-12-7-8-13-5-3-4-6-14(13)9-12/h7-9,11H,2-6,10H2,1H3,(H2,18,19,20,21). The third kappa shape index (κ3) is 3.32. The number of H-pyrrole nitrogens is 1. The second-order valence-corrected chi connectivity index (χ2v) is 5.67. The molecular formula is C17H21N3O.